The Morgan fingerprint density at radius 2 is 1.30 bits per heavy atom. The van der Waals surface area contributed by atoms with Crippen LogP contribution in [-0.4, -0.2) is 24.5 Å². The molecule has 30 heavy (non-hydrogen) atoms. The molecule has 1 amide bonds. The average molecular weight is 410 g/mol. The molecule has 5 N–H and O–H groups in total. The minimum Gasteiger partial charge on any atom is -0.354 e. The van der Waals surface area contributed by atoms with E-state index in [2.05, 4.69) is 67.7 Å². The van der Waals surface area contributed by atoms with E-state index in [1.54, 1.807) is 0 Å². The number of amides is 1. The highest BCUT2D eigenvalue weighted by molar-refractivity contribution is 5.78. The smallest absolute Gasteiger partial charge is 0.223 e. The molecule has 2 atom stereocenters. The highest BCUT2D eigenvalue weighted by Crippen LogP contribution is 2.17. The molecular formula is C26H39N3O. The van der Waals surface area contributed by atoms with Crippen LogP contribution in [0.2, 0.25) is 0 Å². The summed E-state index contributed by atoms with van der Waals surface area (Å²) >= 11 is 0. The van der Waals surface area contributed by atoms with Crippen LogP contribution >= 0.6 is 0 Å². The predicted octanol–water partition coefficient (Wildman–Crippen LogP) is 4.08. The van der Waals surface area contributed by atoms with E-state index in [0.717, 1.165) is 38.5 Å². The molecule has 0 heterocycles. The summed E-state index contributed by atoms with van der Waals surface area (Å²) in [7, 11) is 0. The Kier molecular flexibility index (Phi) is 10.6. The number of aryl methyl sites for hydroxylation is 2. The fraction of sp³-hybridized carbons (Fsp3) is 0.500. The van der Waals surface area contributed by atoms with Gasteiger partial charge in [-0.05, 0) is 55.6 Å². The van der Waals surface area contributed by atoms with Gasteiger partial charge in [0.15, 0.2) is 0 Å². The number of carbonyl (C=O) groups excluding carboxylic acids is 1. The summed E-state index contributed by atoms with van der Waals surface area (Å²) in [5, 5.41) is 3.10. The Balaban J connectivity index is 1.86. The molecule has 2 rings (SSSR count). The fourth-order valence-corrected chi connectivity index (χ4v) is 3.60. The van der Waals surface area contributed by atoms with Crippen LogP contribution in [-0.2, 0) is 17.6 Å². The highest BCUT2D eigenvalue weighted by atomic mass is 16.1. The molecule has 2 aromatic carbocycles. The van der Waals surface area contributed by atoms with Crippen molar-refractivity contribution in [1.29, 1.82) is 0 Å². The molecular weight excluding hydrogens is 370 g/mol. The van der Waals surface area contributed by atoms with Gasteiger partial charge in [0.05, 0.1) is 0 Å². The molecule has 0 saturated heterocycles. The molecule has 0 aliphatic rings. The Hall–Kier alpha value is -2.17. The molecule has 0 radical (unpaired) electrons. The lowest BCUT2D eigenvalue weighted by molar-refractivity contribution is -0.125. The zero-order chi connectivity index (χ0) is 21.8. The molecule has 0 saturated carbocycles. The monoisotopic (exact) mass is 409 g/mol. The van der Waals surface area contributed by atoms with E-state index in [1.165, 1.54) is 11.1 Å². The van der Waals surface area contributed by atoms with Crippen molar-refractivity contribution in [3.8, 4) is 0 Å². The highest BCUT2D eigenvalue weighted by Gasteiger charge is 2.19. The van der Waals surface area contributed by atoms with Gasteiger partial charge < -0.3 is 16.8 Å². The molecule has 0 aliphatic heterocycles. The van der Waals surface area contributed by atoms with Crippen molar-refractivity contribution in [2.75, 3.05) is 6.54 Å². The Labute approximate surface area is 182 Å². The molecule has 0 aliphatic carbocycles. The summed E-state index contributed by atoms with van der Waals surface area (Å²) in [4.78, 5) is 12.9. The van der Waals surface area contributed by atoms with Crippen molar-refractivity contribution >= 4 is 5.91 Å². The molecule has 2 aromatic rings. The van der Waals surface area contributed by atoms with Crippen LogP contribution in [0.5, 0.6) is 0 Å². The zero-order valence-electron chi connectivity index (χ0n) is 18.6. The van der Waals surface area contributed by atoms with Crippen LogP contribution in [0.4, 0.5) is 0 Å². The standard InChI is InChI=1S/C26H39N3O/c1-20(2)25(28)18-17-24(27)19-29-26(30)23(15-13-21-9-5-3-6-10-21)16-14-22-11-7-4-8-12-22/h3-12,20,23-25H,13-19,27-28H2,1-2H3,(H,29,30). The minimum atomic E-state index is -0.0531. The van der Waals surface area contributed by atoms with Gasteiger partial charge in [-0.25, -0.2) is 0 Å². The largest absolute Gasteiger partial charge is 0.354 e. The third-order valence-corrected chi connectivity index (χ3v) is 5.88. The van der Waals surface area contributed by atoms with Gasteiger partial charge in [0.2, 0.25) is 5.91 Å². The van der Waals surface area contributed by atoms with Gasteiger partial charge in [-0.1, -0.05) is 74.5 Å². The minimum absolute atomic E-state index is 0.0180. The van der Waals surface area contributed by atoms with Crippen molar-refractivity contribution in [3.63, 3.8) is 0 Å². The van der Waals surface area contributed by atoms with Crippen molar-refractivity contribution in [2.24, 2.45) is 23.3 Å². The third kappa shape index (κ3) is 9.10. The second-order valence-corrected chi connectivity index (χ2v) is 8.74. The Morgan fingerprint density at radius 3 is 1.77 bits per heavy atom. The van der Waals surface area contributed by atoms with E-state index in [9.17, 15) is 4.79 Å². The van der Waals surface area contributed by atoms with Crippen molar-refractivity contribution < 1.29 is 4.79 Å². The molecule has 4 heteroatoms. The number of benzene rings is 2. The van der Waals surface area contributed by atoms with Crippen molar-refractivity contribution in [1.82, 2.24) is 5.32 Å². The van der Waals surface area contributed by atoms with Gasteiger partial charge >= 0.3 is 0 Å². The summed E-state index contributed by atoms with van der Waals surface area (Å²) in [6, 6.07) is 20.9. The molecule has 0 fully saturated rings. The molecule has 0 spiro atoms. The summed E-state index contributed by atoms with van der Waals surface area (Å²) in [6.45, 7) is 4.76. The van der Waals surface area contributed by atoms with Gasteiger partial charge in [0.25, 0.3) is 0 Å². The van der Waals surface area contributed by atoms with Gasteiger partial charge in [-0.15, -0.1) is 0 Å². The molecule has 4 nitrogen and oxygen atoms in total. The first kappa shape index (κ1) is 24.1. The van der Waals surface area contributed by atoms with Gasteiger partial charge in [-0.3, -0.25) is 4.79 Å². The number of hydrogen-bond acceptors (Lipinski definition) is 3. The van der Waals surface area contributed by atoms with E-state index in [1.807, 2.05) is 12.1 Å². The number of carbonyl (C=O) groups is 1. The maximum atomic E-state index is 12.9. The first-order valence-electron chi connectivity index (χ1n) is 11.3. The lowest BCUT2D eigenvalue weighted by Gasteiger charge is -2.21. The topological polar surface area (TPSA) is 81.1 Å². The predicted molar refractivity (Wildman–Crippen MR) is 126 cm³/mol. The normalized spacial score (nSPS) is 13.4. The van der Waals surface area contributed by atoms with Crippen molar-refractivity contribution in [2.45, 2.75) is 64.5 Å². The molecule has 0 bridgehead atoms. The van der Waals surface area contributed by atoms with Crippen LogP contribution in [0.1, 0.15) is 50.7 Å². The van der Waals surface area contributed by atoms with Gasteiger partial charge in [-0.2, -0.15) is 0 Å². The number of nitrogens with one attached hydrogen (secondary N) is 1. The Morgan fingerprint density at radius 1 is 0.800 bits per heavy atom. The first-order valence-corrected chi connectivity index (χ1v) is 11.3. The van der Waals surface area contributed by atoms with Crippen LogP contribution < -0.4 is 16.8 Å². The summed E-state index contributed by atoms with van der Waals surface area (Å²) in [5.74, 6) is 0.549. The summed E-state index contributed by atoms with van der Waals surface area (Å²) in [6.07, 6.45) is 5.22. The van der Waals surface area contributed by atoms with Gasteiger partial charge in [0, 0.05) is 24.5 Å². The van der Waals surface area contributed by atoms with E-state index in [4.69, 9.17) is 11.5 Å². The lowest BCUT2D eigenvalue weighted by Crippen LogP contribution is -2.41. The van der Waals surface area contributed by atoms with E-state index in [-0.39, 0.29) is 23.9 Å². The SMILES string of the molecule is CC(C)C(N)CCC(N)CNC(=O)C(CCc1ccccc1)CCc1ccccc1. The van der Waals surface area contributed by atoms with Crippen molar-refractivity contribution in [3.05, 3.63) is 71.8 Å². The van der Waals surface area contributed by atoms with Crippen LogP contribution in [0.3, 0.4) is 0 Å². The maximum absolute atomic E-state index is 12.9. The second kappa shape index (κ2) is 13.2. The van der Waals surface area contributed by atoms with Crippen LogP contribution in [0.25, 0.3) is 0 Å². The maximum Gasteiger partial charge on any atom is 0.223 e. The second-order valence-electron chi connectivity index (χ2n) is 8.74. The third-order valence-electron chi connectivity index (χ3n) is 5.88. The van der Waals surface area contributed by atoms with E-state index < -0.39 is 0 Å². The van der Waals surface area contributed by atoms with E-state index in [0.29, 0.717) is 12.5 Å². The number of hydrogen-bond donors (Lipinski definition) is 3. The fourth-order valence-electron chi connectivity index (χ4n) is 3.60. The van der Waals surface area contributed by atoms with Crippen LogP contribution in [0.15, 0.2) is 60.7 Å². The zero-order valence-corrected chi connectivity index (χ0v) is 18.6. The molecule has 0 aromatic heterocycles. The summed E-state index contributed by atoms with van der Waals surface area (Å²) in [5.41, 5.74) is 14.9. The van der Waals surface area contributed by atoms with Crippen LogP contribution in [0, 0.1) is 11.8 Å². The van der Waals surface area contributed by atoms with E-state index >= 15 is 0 Å². The summed E-state index contributed by atoms with van der Waals surface area (Å²) < 4.78 is 0. The first-order chi connectivity index (χ1) is 14.5. The quantitative estimate of drug-likeness (QED) is 0.466. The lowest BCUT2D eigenvalue weighted by atomic mass is 9.92. The average Bonchev–Trinajstić information content (AvgIpc) is 2.77. The molecule has 164 valence electrons. The number of nitrogens with two attached hydrogens (primary N) is 2. The molecule has 2 unspecified atom stereocenters. The van der Waals surface area contributed by atoms with Gasteiger partial charge in [0.1, 0.15) is 0 Å². The Bertz CT molecular complexity index is 674. The number of rotatable bonds is 13.